The number of guanidine groups is 1. The van der Waals surface area contributed by atoms with Crippen LogP contribution in [0.15, 0.2) is 35.3 Å². The van der Waals surface area contributed by atoms with Crippen LogP contribution in [0.4, 0.5) is 0 Å². The Labute approximate surface area is 163 Å². The lowest BCUT2D eigenvalue weighted by atomic mass is 10.0. The molecular weight excluding hydrogens is 342 g/mol. The number of benzene rings is 1. The van der Waals surface area contributed by atoms with E-state index in [0.29, 0.717) is 6.04 Å². The molecule has 146 valence electrons. The van der Waals surface area contributed by atoms with E-state index in [9.17, 15) is 0 Å². The standard InChI is InChI=1S/C20H35N5S/c1-4-21-20(23-12-16-26-3)22-11-8-13-25-15-14-24(2)17-19(25)18-9-6-5-7-10-18/h5-7,9-10,19H,4,8,11-17H2,1-3H3,(H2,21,22,23). The highest BCUT2D eigenvalue weighted by Gasteiger charge is 2.25. The van der Waals surface area contributed by atoms with Gasteiger partial charge in [0.2, 0.25) is 0 Å². The van der Waals surface area contributed by atoms with Gasteiger partial charge in [-0.25, -0.2) is 0 Å². The summed E-state index contributed by atoms with van der Waals surface area (Å²) in [6.45, 7) is 9.31. The number of aliphatic imine (C=N–C) groups is 1. The second-order valence-corrected chi connectivity index (χ2v) is 7.74. The van der Waals surface area contributed by atoms with E-state index in [1.165, 1.54) is 5.56 Å². The Morgan fingerprint density at radius 2 is 2.04 bits per heavy atom. The Hall–Kier alpha value is -1.24. The van der Waals surface area contributed by atoms with Crippen LogP contribution < -0.4 is 10.6 Å². The number of nitrogens with zero attached hydrogens (tertiary/aromatic N) is 3. The van der Waals surface area contributed by atoms with Crippen molar-refractivity contribution in [2.24, 2.45) is 4.99 Å². The normalized spacial score (nSPS) is 19.5. The van der Waals surface area contributed by atoms with Gasteiger partial charge in [0, 0.05) is 57.6 Å². The molecule has 0 saturated carbocycles. The number of thioether (sulfide) groups is 1. The summed E-state index contributed by atoms with van der Waals surface area (Å²) in [6.07, 6.45) is 3.22. The molecule has 0 bridgehead atoms. The number of hydrogen-bond acceptors (Lipinski definition) is 4. The van der Waals surface area contributed by atoms with E-state index in [4.69, 9.17) is 4.99 Å². The molecule has 1 aromatic carbocycles. The molecule has 26 heavy (non-hydrogen) atoms. The number of hydrogen-bond donors (Lipinski definition) is 2. The Kier molecular flexibility index (Phi) is 9.89. The van der Waals surface area contributed by atoms with Crippen LogP contribution in [-0.4, -0.2) is 80.6 Å². The van der Waals surface area contributed by atoms with Gasteiger partial charge in [0.05, 0.1) is 0 Å². The van der Waals surface area contributed by atoms with Gasteiger partial charge in [-0.05, 0) is 32.2 Å². The first kappa shape index (κ1) is 21.1. The number of likely N-dealkylation sites (N-methyl/N-ethyl adjacent to an activating group) is 1. The fourth-order valence-corrected chi connectivity index (χ4v) is 3.60. The van der Waals surface area contributed by atoms with Crippen LogP contribution in [0, 0.1) is 0 Å². The molecule has 5 nitrogen and oxygen atoms in total. The maximum absolute atomic E-state index is 4.73. The minimum atomic E-state index is 0.492. The third-order valence-corrected chi connectivity index (χ3v) is 5.31. The Balaban J connectivity index is 1.84. The Morgan fingerprint density at radius 1 is 1.23 bits per heavy atom. The summed E-state index contributed by atoms with van der Waals surface area (Å²) in [5.41, 5.74) is 1.43. The van der Waals surface area contributed by atoms with Gasteiger partial charge in [-0.3, -0.25) is 9.89 Å². The highest BCUT2D eigenvalue weighted by atomic mass is 32.2. The van der Waals surface area contributed by atoms with E-state index in [0.717, 1.165) is 63.9 Å². The van der Waals surface area contributed by atoms with E-state index in [-0.39, 0.29) is 0 Å². The molecule has 1 aliphatic heterocycles. The van der Waals surface area contributed by atoms with Crippen LogP contribution in [0.25, 0.3) is 0 Å². The fourth-order valence-electron chi connectivity index (χ4n) is 3.29. The number of piperazine rings is 1. The van der Waals surface area contributed by atoms with Gasteiger partial charge in [0.25, 0.3) is 0 Å². The van der Waals surface area contributed by atoms with Crippen molar-refractivity contribution in [2.45, 2.75) is 19.4 Å². The van der Waals surface area contributed by atoms with Crippen LogP contribution in [0.5, 0.6) is 0 Å². The Bertz CT molecular complexity index is 522. The average molecular weight is 378 g/mol. The third kappa shape index (κ3) is 7.17. The summed E-state index contributed by atoms with van der Waals surface area (Å²) in [4.78, 5) is 9.79. The van der Waals surface area contributed by atoms with Crippen molar-refractivity contribution in [1.82, 2.24) is 20.4 Å². The fraction of sp³-hybridized carbons (Fsp3) is 0.650. The zero-order chi connectivity index (χ0) is 18.6. The van der Waals surface area contributed by atoms with E-state index < -0.39 is 0 Å². The lowest BCUT2D eigenvalue weighted by Crippen LogP contribution is -2.47. The lowest BCUT2D eigenvalue weighted by molar-refractivity contribution is 0.0894. The summed E-state index contributed by atoms with van der Waals surface area (Å²) in [6, 6.07) is 11.4. The molecule has 1 heterocycles. The molecule has 0 aliphatic carbocycles. The van der Waals surface area contributed by atoms with E-state index >= 15 is 0 Å². The summed E-state index contributed by atoms with van der Waals surface area (Å²) >= 11 is 1.85. The summed E-state index contributed by atoms with van der Waals surface area (Å²) in [7, 11) is 2.22. The maximum Gasteiger partial charge on any atom is 0.191 e. The van der Waals surface area contributed by atoms with Gasteiger partial charge in [-0.2, -0.15) is 11.8 Å². The van der Waals surface area contributed by atoms with Crippen molar-refractivity contribution >= 4 is 17.7 Å². The first-order valence-corrected chi connectivity index (χ1v) is 11.1. The highest BCUT2D eigenvalue weighted by Crippen LogP contribution is 2.24. The molecule has 1 fully saturated rings. The van der Waals surface area contributed by atoms with Gasteiger partial charge in [0.1, 0.15) is 0 Å². The maximum atomic E-state index is 4.73. The molecular formula is C20H35N5S. The first-order valence-electron chi connectivity index (χ1n) is 9.73. The van der Waals surface area contributed by atoms with E-state index in [2.05, 4.69) is 71.0 Å². The molecule has 2 rings (SSSR count). The van der Waals surface area contributed by atoms with Gasteiger partial charge in [-0.1, -0.05) is 30.3 Å². The van der Waals surface area contributed by atoms with Crippen LogP contribution in [-0.2, 0) is 0 Å². The van der Waals surface area contributed by atoms with Gasteiger partial charge < -0.3 is 15.5 Å². The van der Waals surface area contributed by atoms with Crippen molar-refractivity contribution < 1.29 is 0 Å². The Morgan fingerprint density at radius 3 is 2.77 bits per heavy atom. The zero-order valence-electron chi connectivity index (χ0n) is 16.6. The smallest absolute Gasteiger partial charge is 0.191 e. The predicted octanol–water partition coefficient (Wildman–Crippen LogP) is 2.28. The first-order chi connectivity index (χ1) is 12.7. The quantitative estimate of drug-likeness (QED) is 0.393. The topological polar surface area (TPSA) is 42.9 Å². The summed E-state index contributed by atoms with van der Waals surface area (Å²) < 4.78 is 0. The molecule has 2 N–H and O–H groups in total. The number of nitrogens with one attached hydrogen (secondary N) is 2. The molecule has 1 unspecified atom stereocenters. The van der Waals surface area contributed by atoms with Gasteiger partial charge in [-0.15, -0.1) is 0 Å². The van der Waals surface area contributed by atoms with E-state index in [1.807, 2.05) is 11.8 Å². The molecule has 1 saturated heterocycles. The molecule has 1 aromatic rings. The van der Waals surface area contributed by atoms with Crippen LogP contribution in [0.3, 0.4) is 0 Å². The SMILES string of the molecule is CCNC(=NCCCN1CCN(C)CC1c1ccccc1)NCCSC. The lowest BCUT2D eigenvalue weighted by Gasteiger charge is -2.40. The van der Waals surface area contributed by atoms with Crippen molar-refractivity contribution in [1.29, 1.82) is 0 Å². The monoisotopic (exact) mass is 377 g/mol. The molecule has 0 aromatic heterocycles. The van der Waals surface area contributed by atoms with Crippen LogP contribution in [0.2, 0.25) is 0 Å². The van der Waals surface area contributed by atoms with Crippen molar-refractivity contribution in [2.75, 3.05) is 64.9 Å². The largest absolute Gasteiger partial charge is 0.357 e. The summed E-state index contributed by atoms with van der Waals surface area (Å²) in [5, 5.41) is 6.73. The van der Waals surface area contributed by atoms with Crippen LogP contribution >= 0.6 is 11.8 Å². The highest BCUT2D eigenvalue weighted by molar-refractivity contribution is 7.98. The molecule has 0 amide bonds. The molecule has 0 radical (unpaired) electrons. The molecule has 1 aliphatic rings. The van der Waals surface area contributed by atoms with Crippen molar-refractivity contribution in [3.05, 3.63) is 35.9 Å². The minimum Gasteiger partial charge on any atom is -0.357 e. The average Bonchev–Trinajstić information content (AvgIpc) is 2.67. The third-order valence-electron chi connectivity index (χ3n) is 4.69. The van der Waals surface area contributed by atoms with Crippen LogP contribution in [0.1, 0.15) is 24.9 Å². The zero-order valence-corrected chi connectivity index (χ0v) is 17.4. The number of rotatable bonds is 9. The second kappa shape index (κ2) is 12.2. The second-order valence-electron chi connectivity index (χ2n) is 6.76. The van der Waals surface area contributed by atoms with Gasteiger partial charge in [0.15, 0.2) is 5.96 Å². The molecule has 1 atom stereocenters. The molecule has 6 heteroatoms. The van der Waals surface area contributed by atoms with Gasteiger partial charge >= 0.3 is 0 Å². The predicted molar refractivity (Wildman–Crippen MR) is 115 cm³/mol. The summed E-state index contributed by atoms with van der Waals surface area (Å²) in [5.74, 6) is 2.05. The van der Waals surface area contributed by atoms with E-state index in [1.54, 1.807) is 0 Å². The minimum absolute atomic E-state index is 0.492. The van der Waals surface area contributed by atoms with Crippen molar-refractivity contribution in [3.8, 4) is 0 Å². The van der Waals surface area contributed by atoms with Crippen molar-refractivity contribution in [3.63, 3.8) is 0 Å². The molecule has 0 spiro atoms.